The Kier molecular flexibility index (Phi) is 3.27. The molecule has 82 valence electrons. The Balaban J connectivity index is 2.09. The minimum absolute atomic E-state index is 0.644. The van der Waals surface area contributed by atoms with Crippen LogP contribution >= 0.6 is 0 Å². The van der Waals surface area contributed by atoms with Crippen LogP contribution in [0.1, 0.15) is 24.0 Å². The molecule has 0 bridgehead atoms. The fourth-order valence-electron chi connectivity index (χ4n) is 2.21. The molecule has 2 nitrogen and oxygen atoms in total. The molecule has 1 fully saturated rings. The lowest BCUT2D eigenvalue weighted by molar-refractivity contribution is 0.479. The van der Waals surface area contributed by atoms with Gasteiger partial charge in [0.1, 0.15) is 0 Å². The van der Waals surface area contributed by atoms with E-state index in [1.165, 1.54) is 29.7 Å². The Labute approximate surface area is 92.1 Å². The number of para-hydroxylation sites is 1. The van der Waals surface area contributed by atoms with Crippen molar-refractivity contribution < 1.29 is 0 Å². The molecule has 0 atom stereocenters. The smallest absolute Gasteiger partial charge is 0.0401 e. The first-order valence-electron chi connectivity index (χ1n) is 5.81. The van der Waals surface area contributed by atoms with Crippen LogP contribution < -0.4 is 10.6 Å². The van der Waals surface area contributed by atoms with Crippen molar-refractivity contribution in [2.45, 2.75) is 32.7 Å². The first-order chi connectivity index (χ1) is 7.27. The predicted octanol–water partition coefficient (Wildman–Crippen LogP) is 2.47. The van der Waals surface area contributed by atoms with Gasteiger partial charge in [0.05, 0.1) is 0 Å². The molecule has 0 amide bonds. The Morgan fingerprint density at radius 2 is 1.73 bits per heavy atom. The number of aryl methyl sites for hydroxylation is 2. The average Bonchev–Trinajstić information content (AvgIpc) is 2.25. The van der Waals surface area contributed by atoms with Crippen LogP contribution in [0.3, 0.4) is 0 Å². The molecule has 2 N–H and O–H groups in total. The average molecular weight is 204 g/mol. The molecule has 2 rings (SSSR count). The van der Waals surface area contributed by atoms with Crippen LogP contribution in [0.15, 0.2) is 18.2 Å². The van der Waals surface area contributed by atoms with E-state index in [1.54, 1.807) is 0 Å². The molecule has 0 spiro atoms. The summed E-state index contributed by atoms with van der Waals surface area (Å²) in [5.41, 5.74) is 4.05. The molecule has 0 radical (unpaired) electrons. The molecule has 0 saturated carbocycles. The van der Waals surface area contributed by atoms with Crippen LogP contribution in [0, 0.1) is 13.8 Å². The Bertz CT molecular complexity index is 307. The Morgan fingerprint density at radius 3 is 2.33 bits per heavy atom. The summed E-state index contributed by atoms with van der Waals surface area (Å²) in [4.78, 5) is 0. The van der Waals surface area contributed by atoms with E-state index in [1.807, 2.05) is 0 Å². The van der Waals surface area contributed by atoms with Gasteiger partial charge in [0.2, 0.25) is 0 Å². The van der Waals surface area contributed by atoms with E-state index < -0.39 is 0 Å². The minimum atomic E-state index is 0.644. The van der Waals surface area contributed by atoms with Crippen LogP contribution in [-0.4, -0.2) is 19.1 Å². The normalized spacial score (nSPS) is 17.7. The van der Waals surface area contributed by atoms with Gasteiger partial charge < -0.3 is 10.6 Å². The van der Waals surface area contributed by atoms with Crippen molar-refractivity contribution in [1.29, 1.82) is 0 Å². The van der Waals surface area contributed by atoms with Gasteiger partial charge >= 0.3 is 0 Å². The Morgan fingerprint density at radius 1 is 1.13 bits per heavy atom. The van der Waals surface area contributed by atoms with Gasteiger partial charge in [0.25, 0.3) is 0 Å². The van der Waals surface area contributed by atoms with Crippen molar-refractivity contribution in [2.24, 2.45) is 0 Å². The zero-order valence-electron chi connectivity index (χ0n) is 9.64. The number of rotatable bonds is 2. The van der Waals surface area contributed by atoms with Crippen molar-refractivity contribution in [3.05, 3.63) is 29.3 Å². The maximum absolute atomic E-state index is 3.68. The predicted molar refractivity (Wildman–Crippen MR) is 65.4 cm³/mol. The monoisotopic (exact) mass is 204 g/mol. The van der Waals surface area contributed by atoms with Crippen LogP contribution in [0.4, 0.5) is 5.69 Å². The highest BCUT2D eigenvalue weighted by molar-refractivity contribution is 5.57. The standard InChI is InChI=1S/C13H20N2/c1-10-4-3-5-11(2)13(10)15-12-6-8-14-9-7-12/h3-5,12,14-15H,6-9H2,1-2H3. The maximum atomic E-state index is 3.68. The second-order valence-electron chi connectivity index (χ2n) is 4.44. The molecule has 0 unspecified atom stereocenters. The van der Waals surface area contributed by atoms with Gasteiger partial charge in [-0.2, -0.15) is 0 Å². The Hall–Kier alpha value is -1.02. The summed E-state index contributed by atoms with van der Waals surface area (Å²) in [7, 11) is 0. The number of hydrogen-bond donors (Lipinski definition) is 2. The molecule has 1 saturated heterocycles. The highest BCUT2D eigenvalue weighted by atomic mass is 15.0. The summed E-state index contributed by atoms with van der Waals surface area (Å²) in [5.74, 6) is 0. The maximum Gasteiger partial charge on any atom is 0.0401 e. The molecule has 1 aromatic rings. The SMILES string of the molecule is Cc1cccc(C)c1NC1CCNCC1. The third-order valence-electron chi connectivity index (χ3n) is 3.17. The summed E-state index contributed by atoms with van der Waals surface area (Å²) < 4.78 is 0. The molecule has 1 aliphatic rings. The summed E-state index contributed by atoms with van der Waals surface area (Å²) in [6.45, 7) is 6.64. The highest BCUT2D eigenvalue weighted by Gasteiger charge is 2.13. The molecular weight excluding hydrogens is 184 g/mol. The van der Waals surface area contributed by atoms with Crippen LogP contribution in [0.5, 0.6) is 0 Å². The molecular formula is C13H20N2. The van der Waals surface area contributed by atoms with Gasteiger partial charge in [-0.3, -0.25) is 0 Å². The van der Waals surface area contributed by atoms with E-state index in [9.17, 15) is 0 Å². The van der Waals surface area contributed by atoms with Crippen molar-refractivity contribution in [2.75, 3.05) is 18.4 Å². The molecule has 1 aromatic carbocycles. The van der Waals surface area contributed by atoms with Gasteiger partial charge in [0, 0.05) is 11.7 Å². The van der Waals surface area contributed by atoms with Gasteiger partial charge in [-0.15, -0.1) is 0 Å². The number of piperidine rings is 1. The van der Waals surface area contributed by atoms with Crippen LogP contribution in [-0.2, 0) is 0 Å². The van der Waals surface area contributed by atoms with E-state index in [4.69, 9.17) is 0 Å². The van der Waals surface area contributed by atoms with Crippen molar-refractivity contribution in [3.63, 3.8) is 0 Å². The summed E-state index contributed by atoms with van der Waals surface area (Å²) in [6, 6.07) is 7.12. The van der Waals surface area contributed by atoms with Crippen LogP contribution in [0.25, 0.3) is 0 Å². The van der Waals surface area contributed by atoms with E-state index in [-0.39, 0.29) is 0 Å². The first kappa shape index (κ1) is 10.5. The summed E-state index contributed by atoms with van der Waals surface area (Å²) in [6.07, 6.45) is 2.46. The fourth-order valence-corrected chi connectivity index (χ4v) is 2.21. The molecule has 1 aliphatic heterocycles. The fraction of sp³-hybridized carbons (Fsp3) is 0.538. The molecule has 0 aliphatic carbocycles. The second-order valence-corrected chi connectivity index (χ2v) is 4.44. The zero-order valence-corrected chi connectivity index (χ0v) is 9.64. The summed E-state index contributed by atoms with van der Waals surface area (Å²) in [5, 5.41) is 7.07. The van der Waals surface area contributed by atoms with Crippen molar-refractivity contribution >= 4 is 5.69 Å². The first-order valence-corrected chi connectivity index (χ1v) is 5.81. The van der Waals surface area contributed by atoms with E-state index in [0.29, 0.717) is 6.04 Å². The quantitative estimate of drug-likeness (QED) is 0.773. The molecule has 0 aromatic heterocycles. The van der Waals surface area contributed by atoms with Gasteiger partial charge in [0.15, 0.2) is 0 Å². The highest BCUT2D eigenvalue weighted by Crippen LogP contribution is 2.22. The molecule has 1 heterocycles. The second kappa shape index (κ2) is 4.67. The number of hydrogen-bond acceptors (Lipinski definition) is 2. The topological polar surface area (TPSA) is 24.1 Å². The lowest BCUT2D eigenvalue weighted by Gasteiger charge is -2.26. The molecule has 2 heteroatoms. The van der Waals surface area contributed by atoms with Crippen molar-refractivity contribution in [3.8, 4) is 0 Å². The van der Waals surface area contributed by atoms with E-state index in [0.717, 1.165) is 13.1 Å². The number of nitrogens with one attached hydrogen (secondary N) is 2. The van der Waals surface area contributed by atoms with Gasteiger partial charge in [-0.25, -0.2) is 0 Å². The lowest BCUT2D eigenvalue weighted by Crippen LogP contribution is -2.35. The summed E-state index contributed by atoms with van der Waals surface area (Å²) >= 11 is 0. The van der Waals surface area contributed by atoms with E-state index in [2.05, 4.69) is 42.7 Å². The van der Waals surface area contributed by atoms with E-state index >= 15 is 0 Å². The third-order valence-corrected chi connectivity index (χ3v) is 3.17. The lowest BCUT2D eigenvalue weighted by atomic mass is 10.0. The van der Waals surface area contributed by atoms with Crippen LogP contribution in [0.2, 0.25) is 0 Å². The molecule has 15 heavy (non-hydrogen) atoms. The minimum Gasteiger partial charge on any atom is -0.382 e. The van der Waals surface area contributed by atoms with Gasteiger partial charge in [-0.1, -0.05) is 18.2 Å². The largest absolute Gasteiger partial charge is 0.382 e. The third kappa shape index (κ3) is 2.51. The van der Waals surface area contributed by atoms with Crippen molar-refractivity contribution in [1.82, 2.24) is 5.32 Å². The number of anilines is 1. The zero-order chi connectivity index (χ0) is 10.7. The van der Waals surface area contributed by atoms with Gasteiger partial charge in [-0.05, 0) is 50.9 Å². The number of benzene rings is 1.